The molecule has 10 heteroatoms. The molecule has 2 N–H and O–H groups in total. The number of hydrogen-bond acceptors (Lipinski definition) is 6. The Hall–Kier alpha value is -1.07. The summed E-state index contributed by atoms with van der Waals surface area (Å²) in [4.78, 5) is -0.854. The Morgan fingerprint density at radius 3 is 2.54 bits per heavy atom. The highest BCUT2D eigenvalue weighted by molar-refractivity contribution is 7.90. The molecule has 0 bridgehead atoms. The molecule has 1 saturated heterocycles. The van der Waals surface area contributed by atoms with Crippen molar-refractivity contribution in [3.05, 3.63) is 24.0 Å². The summed E-state index contributed by atoms with van der Waals surface area (Å²) in [6.07, 6.45) is 2.52. The summed E-state index contributed by atoms with van der Waals surface area (Å²) in [5.74, 6) is -1.09. The number of methoxy groups -OCH3 is 1. The molecule has 1 fully saturated rings. The van der Waals surface area contributed by atoms with Crippen molar-refractivity contribution in [2.45, 2.75) is 28.2 Å². The Balaban J connectivity index is 2.20. The fraction of sp³-hybridized carbons (Fsp3) is 0.571. The molecule has 1 aromatic rings. The molecular weight excluding hydrogens is 359 g/mol. The number of rotatable bonds is 7. The lowest BCUT2D eigenvalue weighted by Gasteiger charge is -2.28. The summed E-state index contributed by atoms with van der Waals surface area (Å²) >= 11 is 0. The molecule has 0 amide bonds. The SMILES string of the molecule is COCC1(CNS(=O)(=O)c2ccc(S(C)(=O)=O)c(F)c2)CCCN1. The van der Waals surface area contributed by atoms with Crippen LogP contribution < -0.4 is 10.0 Å². The summed E-state index contributed by atoms with van der Waals surface area (Å²) in [5.41, 5.74) is -0.493. The van der Waals surface area contributed by atoms with Gasteiger partial charge in [-0.1, -0.05) is 0 Å². The normalized spacial score (nSPS) is 22.0. The molecule has 1 heterocycles. The molecule has 1 aromatic carbocycles. The van der Waals surface area contributed by atoms with Crippen LogP contribution in [0.5, 0.6) is 0 Å². The van der Waals surface area contributed by atoms with Crippen LogP contribution in [0.15, 0.2) is 28.0 Å². The zero-order valence-electron chi connectivity index (χ0n) is 13.5. The predicted molar refractivity (Wildman–Crippen MR) is 86.5 cm³/mol. The van der Waals surface area contributed by atoms with E-state index >= 15 is 0 Å². The first-order valence-corrected chi connectivity index (χ1v) is 10.7. The number of halogens is 1. The maximum atomic E-state index is 13.9. The van der Waals surface area contributed by atoms with Gasteiger partial charge in [0.15, 0.2) is 9.84 Å². The number of nitrogens with one attached hydrogen (secondary N) is 2. The molecule has 1 atom stereocenters. The molecule has 0 spiro atoms. The van der Waals surface area contributed by atoms with E-state index in [1.54, 1.807) is 0 Å². The van der Waals surface area contributed by atoms with Crippen LogP contribution in [0.25, 0.3) is 0 Å². The van der Waals surface area contributed by atoms with Crippen molar-refractivity contribution in [2.24, 2.45) is 0 Å². The fourth-order valence-corrected chi connectivity index (χ4v) is 4.60. The minimum Gasteiger partial charge on any atom is -0.383 e. The lowest BCUT2D eigenvalue weighted by atomic mass is 9.99. The molecule has 24 heavy (non-hydrogen) atoms. The second-order valence-corrected chi connectivity index (χ2v) is 9.68. The summed E-state index contributed by atoms with van der Waals surface area (Å²) < 4.78 is 69.0. The molecule has 1 aliphatic rings. The summed E-state index contributed by atoms with van der Waals surface area (Å²) in [6, 6.07) is 2.74. The van der Waals surface area contributed by atoms with Gasteiger partial charge in [0.2, 0.25) is 10.0 Å². The highest BCUT2D eigenvalue weighted by Gasteiger charge is 2.35. The first-order valence-electron chi connectivity index (χ1n) is 7.33. The topological polar surface area (TPSA) is 102 Å². The average molecular weight is 380 g/mol. The Morgan fingerprint density at radius 1 is 1.33 bits per heavy atom. The lowest BCUT2D eigenvalue weighted by Crippen LogP contribution is -2.52. The van der Waals surface area contributed by atoms with Crippen LogP contribution in [0.2, 0.25) is 0 Å². The van der Waals surface area contributed by atoms with Crippen LogP contribution in [-0.2, 0) is 24.6 Å². The molecule has 136 valence electrons. The minimum absolute atomic E-state index is 0.0959. The van der Waals surface area contributed by atoms with Crippen LogP contribution in [0.3, 0.4) is 0 Å². The van der Waals surface area contributed by atoms with Crippen LogP contribution in [0.1, 0.15) is 12.8 Å². The second-order valence-electron chi connectivity index (χ2n) is 5.93. The molecule has 0 saturated carbocycles. The number of sulfone groups is 1. The minimum atomic E-state index is -3.97. The van der Waals surface area contributed by atoms with Gasteiger partial charge in [-0.3, -0.25) is 0 Å². The van der Waals surface area contributed by atoms with Gasteiger partial charge in [0.05, 0.1) is 17.0 Å². The fourth-order valence-electron chi connectivity index (χ4n) is 2.74. The molecule has 7 nitrogen and oxygen atoms in total. The summed E-state index contributed by atoms with van der Waals surface area (Å²) in [7, 11) is -6.19. The second kappa shape index (κ2) is 7.04. The Labute approximate surface area is 141 Å². The van der Waals surface area contributed by atoms with Gasteiger partial charge in [0, 0.05) is 19.9 Å². The maximum Gasteiger partial charge on any atom is 0.240 e. The Morgan fingerprint density at radius 2 is 2.04 bits per heavy atom. The van der Waals surface area contributed by atoms with E-state index in [0.717, 1.165) is 37.8 Å². The van der Waals surface area contributed by atoms with Crippen molar-refractivity contribution < 1.29 is 26.0 Å². The van der Waals surface area contributed by atoms with Crippen molar-refractivity contribution in [3.8, 4) is 0 Å². The molecule has 0 radical (unpaired) electrons. The largest absolute Gasteiger partial charge is 0.383 e. The van der Waals surface area contributed by atoms with Crippen molar-refractivity contribution in [1.29, 1.82) is 0 Å². The van der Waals surface area contributed by atoms with Crippen molar-refractivity contribution in [3.63, 3.8) is 0 Å². The first kappa shape index (κ1) is 19.3. The van der Waals surface area contributed by atoms with Crippen molar-refractivity contribution in [2.75, 3.05) is 33.1 Å². The van der Waals surface area contributed by atoms with Gasteiger partial charge in [-0.2, -0.15) is 0 Å². The van der Waals surface area contributed by atoms with E-state index < -0.39 is 36.1 Å². The smallest absolute Gasteiger partial charge is 0.240 e. The summed E-state index contributed by atoms with van der Waals surface area (Å²) in [6.45, 7) is 1.21. The predicted octanol–water partition coefficient (Wildman–Crippen LogP) is 0.276. The monoisotopic (exact) mass is 380 g/mol. The number of ether oxygens (including phenoxy) is 1. The van der Waals surface area contributed by atoms with Crippen LogP contribution in [-0.4, -0.2) is 55.4 Å². The molecule has 0 aliphatic carbocycles. The van der Waals surface area contributed by atoms with Crippen LogP contribution in [0, 0.1) is 5.82 Å². The van der Waals surface area contributed by atoms with E-state index in [1.165, 1.54) is 7.11 Å². The van der Waals surface area contributed by atoms with Crippen LogP contribution in [0.4, 0.5) is 4.39 Å². The van der Waals surface area contributed by atoms with Gasteiger partial charge in [0.1, 0.15) is 10.7 Å². The third-order valence-electron chi connectivity index (χ3n) is 3.97. The van der Waals surface area contributed by atoms with Gasteiger partial charge in [-0.15, -0.1) is 0 Å². The molecule has 0 aromatic heterocycles. The molecule has 2 rings (SSSR count). The molecule has 1 unspecified atom stereocenters. The zero-order chi connectivity index (χ0) is 18.0. The van der Waals surface area contributed by atoms with Gasteiger partial charge in [-0.05, 0) is 37.6 Å². The van der Waals surface area contributed by atoms with E-state index in [4.69, 9.17) is 4.74 Å². The average Bonchev–Trinajstić information content (AvgIpc) is 2.93. The highest BCUT2D eigenvalue weighted by atomic mass is 32.2. The van der Waals surface area contributed by atoms with Gasteiger partial charge in [-0.25, -0.2) is 25.9 Å². The first-order chi connectivity index (χ1) is 11.1. The third-order valence-corrected chi connectivity index (χ3v) is 6.50. The number of hydrogen-bond donors (Lipinski definition) is 2. The van der Waals surface area contributed by atoms with Gasteiger partial charge in [0.25, 0.3) is 0 Å². The van der Waals surface area contributed by atoms with E-state index in [1.807, 2.05) is 0 Å². The van der Waals surface area contributed by atoms with E-state index in [-0.39, 0.29) is 11.4 Å². The van der Waals surface area contributed by atoms with Crippen LogP contribution >= 0.6 is 0 Å². The zero-order valence-corrected chi connectivity index (χ0v) is 15.1. The van der Waals surface area contributed by atoms with Gasteiger partial charge >= 0.3 is 0 Å². The number of sulfonamides is 1. The Bertz CT molecular complexity index is 802. The van der Waals surface area contributed by atoms with E-state index in [0.29, 0.717) is 12.7 Å². The maximum absolute atomic E-state index is 13.9. The van der Waals surface area contributed by atoms with Gasteiger partial charge < -0.3 is 10.1 Å². The quantitative estimate of drug-likeness (QED) is 0.704. The molecular formula is C14H21FN2O5S2. The Kier molecular flexibility index (Phi) is 5.65. The highest BCUT2D eigenvalue weighted by Crippen LogP contribution is 2.22. The lowest BCUT2D eigenvalue weighted by molar-refractivity contribution is 0.122. The van der Waals surface area contributed by atoms with Crippen molar-refractivity contribution in [1.82, 2.24) is 10.0 Å². The van der Waals surface area contributed by atoms with E-state index in [2.05, 4.69) is 10.0 Å². The summed E-state index contributed by atoms with van der Waals surface area (Å²) in [5, 5.41) is 3.23. The van der Waals surface area contributed by atoms with Crippen molar-refractivity contribution >= 4 is 19.9 Å². The third kappa shape index (κ3) is 4.31. The molecule has 1 aliphatic heterocycles. The standard InChI is InChI=1S/C14H21FN2O5S2/c1-22-10-14(6-3-7-16-14)9-17-24(20,21)11-4-5-13(12(15)8-11)23(2,18)19/h4-5,8,16-17H,3,6-7,9-10H2,1-2H3. The number of benzene rings is 1. The van der Waals surface area contributed by atoms with E-state index in [9.17, 15) is 21.2 Å².